The van der Waals surface area contributed by atoms with Crippen LogP contribution >= 0.6 is 0 Å². The van der Waals surface area contributed by atoms with Crippen LogP contribution in [-0.2, 0) is 0 Å². The zero-order valence-electron chi connectivity index (χ0n) is 13.3. The first-order valence-electron chi connectivity index (χ1n) is 8.21. The first-order valence-corrected chi connectivity index (χ1v) is 15.3. The van der Waals surface area contributed by atoms with Gasteiger partial charge in [-0.15, -0.1) is 0 Å². The Morgan fingerprint density at radius 3 is 2.16 bits per heavy atom. The molecule has 2 nitrogen and oxygen atoms in total. The van der Waals surface area contributed by atoms with Gasteiger partial charge in [0.2, 0.25) is 0 Å². The maximum absolute atomic E-state index is 4.67. The van der Waals surface area contributed by atoms with Crippen molar-refractivity contribution in [2.24, 2.45) is 0 Å². The van der Waals surface area contributed by atoms with Crippen LogP contribution in [0.4, 0.5) is 0 Å². The number of hydrogen-bond donors (Lipinski definition) is 1. The molecular weight excluding hydrogens is 339 g/mol. The number of H-pyrrole nitrogens is 1. The Labute approximate surface area is 123 Å². The van der Waals surface area contributed by atoms with Gasteiger partial charge in [0.1, 0.15) is 0 Å². The number of unbranched alkanes of at least 4 members (excludes halogenated alkanes) is 2. The monoisotopic (exact) mass is 372 g/mol. The third kappa shape index (κ3) is 4.50. The molecule has 1 N–H and O–H groups in total. The summed E-state index contributed by atoms with van der Waals surface area (Å²) in [6.45, 7) is 9.51. The van der Waals surface area contributed by atoms with Gasteiger partial charge in [-0.3, -0.25) is 0 Å². The van der Waals surface area contributed by atoms with Gasteiger partial charge in [-0.05, 0) is 0 Å². The van der Waals surface area contributed by atoms with E-state index in [2.05, 4.69) is 44.0 Å². The molecule has 19 heavy (non-hydrogen) atoms. The van der Waals surface area contributed by atoms with Crippen molar-refractivity contribution in [2.45, 2.75) is 79.0 Å². The van der Waals surface area contributed by atoms with Gasteiger partial charge in [0.05, 0.1) is 0 Å². The van der Waals surface area contributed by atoms with E-state index in [9.17, 15) is 0 Å². The Balaban J connectivity index is 3.00. The van der Waals surface area contributed by atoms with Gasteiger partial charge < -0.3 is 0 Å². The van der Waals surface area contributed by atoms with Gasteiger partial charge in [-0.2, -0.15) is 0 Å². The molecule has 1 unspecified atom stereocenters. The van der Waals surface area contributed by atoms with Gasteiger partial charge in [-0.25, -0.2) is 0 Å². The third-order valence-electron chi connectivity index (χ3n) is 4.63. The second kappa shape index (κ2) is 9.04. The Morgan fingerprint density at radius 2 is 1.74 bits per heavy atom. The van der Waals surface area contributed by atoms with Crippen molar-refractivity contribution in [1.82, 2.24) is 10.2 Å². The minimum absolute atomic E-state index is 0.931. The van der Waals surface area contributed by atoms with Gasteiger partial charge >= 0.3 is 124 Å². The minimum atomic E-state index is -2.31. The quantitative estimate of drug-likeness (QED) is 0.585. The summed E-state index contributed by atoms with van der Waals surface area (Å²) in [6, 6.07) is 2.30. The number of hydrogen-bond acceptors (Lipinski definition) is 1. The van der Waals surface area contributed by atoms with Crippen LogP contribution in [0.1, 0.15) is 66.2 Å². The first-order chi connectivity index (χ1) is 9.21. The zero-order valence-corrected chi connectivity index (χ0v) is 16.2. The fourth-order valence-electron chi connectivity index (χ4n) is 3.36. The first kappa shape index (κ1) is 17.1. The van der Waals surface area contributed by atoms with Gasteiger partial charge in [0, 0.05) is 0 Å². The molecule has 1 aromatic rings. The standard InChI is InChI=1S/C5H11.2C4H9.C3H3N2.Sn/c1-3-5-4-2;2*1-3-4-2;1-2-4-5-3-1;/h3H,4-5H2,1-2H3;2*1,3-4H2,2H3;1-2H,(H,4,5);. The van der Waals surface area contributed by atoms with E-state index in [4.69, 9.17) is 0 Å². The summed E-state index contributed by atoms with van der Waals surface area (Å²) >= 11 is -2.31. The van der Waals surface area contributed by atoms with Gasteiger partial charge in [-0.1, -0.05) is 0 Å². The number of aromatic amines is 1. The van der Waals surface area contributed by atoms with E-state index < -0.39 is 18.4 Å². The van der Waals surface area contributed by atoms with Crippen LogP contribution in [0.5, 0.6) is 0 Å². The molecule has 0 saturated carbocycles. The number of nitrogens with one attached hydrogen (secondary N) is 1. The second-order valence-corrected chi connectivity index (χ2v) is 19.7. The van der Waals surface area contributed by atoms with E-state index in [0.29, 0.717) is 0 Å². The van der Waals surface area contributed by atoms with E-state index >= 15 is 0 Å². The van der Waals surface area contributed by atoms with E-state index in [1.54, 1.807) is 0 Å². The Morgan fingerprint density at radius 1 is 1.11 bits per heavy atom. The molecule has 1 heterocycles. The zero-order chi connectivity index (χ0) is 14.1. The van der Waals surface area contributed by atoms with Crippen molar-refractivity contribution in [3.8, 4) is 0 Å². The van der Waals surface area contributed by atoms with Crippen molar-refractivity contribution in [3.63, 3.8) is 0 Å². The van der Waals surface area contributed by atoms with Crippen LogP contribution in [0, 0.1) is 0 Å². The average Bonchev–Trinajstić information content (AvgIpc) is 2.94. The normalized spacial score (nSPS) is 13.7. The van der Waals surface area contributed by atoms with Crippen molar-refractivity contribution in [3.05, 3.63) is 12.3 Å². The molecule has 0 bridgehead atoms. The molecule has 0 aromatic carbocycles. The van der Waals surface area contributed by atoms with E-state index in [-0.39, 0.29) is 0 Å². The van der Waals surface area contributed by atoms with E-state index in [1.165, 1.54) is 51.1 Å². The molecule has 0 amide bonds. The molecule has 0 spiro atoms. The molecule has 1 aromatic heterocycles. The molecule has 0 saturated heterocycles. The SMILES string of the molecule is CCC[CH2][Sn]([CH2]CCC)([c]1cc[nH]n1)[CH](C)CCC. The molecular formula is C16H32N2Sn. The molecule has 0 radical (unpaired) electrons. The summed E-state index contributed by atoms with van der Waals surface area (Å²) in [5.41, 5.74) is 0. The van der Waals surface area contributed by atoms with Gasteiger partial charge in [0.25, 0.3) is 0 Å². The maximum atomic E-state index is 4.67. The molecule has 0 aliphatic carbocycles. The molecule has 110 valence electrons. The average molecular weight is 371 g/mol. The van der Waals surface area contributed by atoms with Crippen LogP contribution in [-0.4, -0.2) is 28.6 Å². The summed E-state index contributed by atoms with van der Waals surface area (Å²) < 4.78 is 5.44. The molecule has 1 rings (SSSR count). The van der Waals surface area contributed by atoms with Gasteiger partial charge in [0.15, 0.2) is 0 Å². The summed E-state index contributed by atoms with van der Waals surface area (Å²) in [6.07, 6.45) is 10.2. The third-order valence-corrected chi connectivity index (χ3v) is 21.7. The van der Waals surface area contributed by atoms with Crippen molar-refractivity contribution < 1.29 is 0 Å². The summed E-state index contributed by atoms with van der Waals surface area (Å²) in [7, 11) is 0. The summed E-state index contributed by atoms with van der Waals surface area (Å²) in [4.78, 5) is 0. The number of aromatic nitrogens is 2. The van der Waals surface area contributed by atoms with E-state index in [1.807, 2.05) is 6.20 Å². The molecule has 0 fully saturated rings. The van der Waals surface area contributed by atoms with Crippen molar-refractivity contribution in [1.29, 1.82) is 0 Å². The topological polar surface area (TPSA) is 28.7 Å². The Hall–Kier alpha value is 0.00870. The Kier molecular flexibility index (Phi) is 8.12. The van der Waals surface area contributed by atoms with Crippen LogP contribution < -0.4 is 3.71 Å². The summed E-state index contributed by atoms with van der Waals surface area (Å²) in [5, 5.41) is 7.75. The van der Waals surface area contributed by atoms with E-state index in [0.717, 1.165) is 3.93 Å². The summed E-state index contributed by atoms with van der Waals surface area (Å²) in [5.74, 6) is 0. The second-order valence-electron chi connectivity index (χ2n) is 6.01. The van der Waals surface area contributed by atoms with Crippen molar-refractivity contribution in [2.75, 3.05) is 0 Å². The van der Waals surface area contributed by atoms with Crippen LogP contribution in [0.2, 0.25) is 12.8 Å². The van der Waals surface area contributed by atoms with Crippen LogP contribution in [0.25, 0.3) is 0 Å². The molecule has 1 atom stereocenters. The number of rotatable bonds is 10. The fourth-order valence-corrected chi connectivity index (χ4v) is 19.8. The van der Waals surface area contributed by atoms with Crippen LogP contribution in [0.3, 0.4) is 0 Å². The molecule has 0 aliphatic rings. The Bertz CT molecular complexity index is 313. The van der Waals surface area contributed by atoms with Crippen LogP contribution in [0.15, 0.2) is 12.3 Å². The predicted octanol–water partition coefficient (Wildman–Crippen LogP) is 4.86. The molecule has 3 heteroatoms. The predicted molar refractivity (Wildman–Crippen MR) is 87.7 cm³/mol. The van der Waals surface area contributed by atoms with Crippen molar-refractivity contribution >= 4 is 22.1 Å². The molecule has 0 aliphatic heterocycles. The number of nitrogens with zero attached hydrogens (tertiary/aromatic N) is 1. The fraction of sp³-hybridized carbons (Fsp3) is 0.812.